The molecule has 0 fully saturated rings. The molecule has 1 aromatic heterocycles. The molecule has 0 unspecified atom stereocenters. The zero-order valence-electron chi connectivity index (χ0n) is 16.6. The Bertz CT molecular complexity index is 1060. The van der Waals surface area contributed by atoms with E-state index in [1.165, 1.54) is 17.3 Å². The summed E-state index contributed by atoms with van der Waals surface area (Å²) in [5.41, 5.74) is 7.44. The van der Waals surface area contributed by atoms with Gasteiger partial charge in [-0.05, 0) is 30.7 Å². The van der Waals surface area contributed by atoms with Crippen LogP contribution in [-0.2, 0) is 0 Å². The average Bonchev–Trinajstić information content (AvgIpc) is 2.70. The Hall–Kier alpha value is -3.14. The predicted octanol–water partition coefficient (Wildman–Crippen LogP) is 3.90. The normalized spacial score (nSPS) is 10.7. The standard InChI is InChI=1S/C20H22BrFN6O2/c1-28(2)20(29)24-6-3-7-30-18-10-17-13(9-15(18)23)19(26-11-25-17)27-16-5-4-12(21)8-14(16)22/h4-5,8-11H,3,6-7,23H2,1-2H3,(H,24,29)(H,25,26,27). The van der Waals surface area contributed by atoms with Crippen molar-refractivity contribution < 1.29 is 13.9 Å². The van der Waals surface area contributed by atoms with Gasteiger partial charge in [0.05, 0.1) is 23.5 Å². The van der Waals surface area contributed by atoms with Crippen LogP contribution in [0.4, 0.5) is 26.4 Å². The van der Waals surface area contributed by atoms with E-state index in [4.69, 9.17) is 10.5 Å². The van der Waals surface area contributed by atoms with Crippen molar-refractivity contribution in [3.63, 3.8) is 0 Å². The Morgan fingerprint density at radius 3 is 2.80 bits per heavy atom. The van der Waals surface area contributed by atoms with Crippen LogP contribution in [-0.4, -0.2) is 48.1 Å². The molecule has 2 aromatic carbocycles. The monoisotopic (exact) mass is 476 g/mol. The Kier molecular flexibility index (Phi) is 6.88. The molecule has 0 spiro atoms. The van der Waals surface area contributed by atoms with E-state index in [0.717, 1.165) is 0 Å². The van der Waals surface area contributed by atoms with Gasteiger partial charge in [0.25, 0.3) is 0 Å². The van der Waals surface area contributed by atoms with Crippen molar-refractivity contribution in [2.75, 3.05) is 38.3 Å². The minimum atomic E-state index is -0.412. The van der Waals surface area contributed by atoms with Crippen molar-refractivity contribution in [1.29, 1.82) is 0 Å². The lowest BCUT2D eigenvalue weighted by molar-refractivity contribution is 0.216. The average molecular weight is 477 g/mol. The van der Waals surface area contributed by atoms with E-state index in [0.29, 0.717) is 52.2 Å². The first-order chi connectivity index (χ1) is 14.3. The summed E-state index contributed by atoms with van der Waals surface area (Å²) in [4.78, 5) is 21.4. The molecule has 30 heavy (non-hydrogen) atoms. The number of hydrogen-bond acceptors (Lipinski definition) is 6. The first kappa shape index (κ1) is 21.6. The fraction of sp³-hybridized carbons (Fsp3) is 0.250. The van der Waals surface area contributed by atoms with E-state index < -0.39 is 5.82 Å². The molecule has 0 saturated heterocycles. The van der Waals surface area contributed by atoms with Gasteiger partial charge >= 0.3 is 6.03 Å². The molecular formula is C20H22BrFN6O2. The number of carbonyl (C=O) groups is 1. The third-order valence-electron chi connectivity index (χ3n) is 4.21. The number of nitrogen functional groups attached to an aromatic ring is 1. The van der Waals surface area contributed by atoms with Gasteiger partial charge in [-0.25, -0.2) is 19.2 Å². The molecule has 0 aliphatic rings. The van der Waals surface area contributed by atoms with Crippen LogP contribution in [0.1, 0.15) is 6.42 Å². The summed E-state index contributed by atoms with van der Waals surface area (Å²) in [6.45, 7) is 0.864. The minimum absolute atomic E-state index is 0.154. The number of carbonyl (C=O) groups excluding carboxylic acids is 1. The number of anilines is 3. The van der Waals surface area contributed by atoms with Crippen LogP contribution >= 0.6 is 15.9 Å². The van der Waals surface area contributed by atoms with E-state index in [1.807, 2.05) is 0 Å². The van der Waals surface area contributed by atoms with E-state index >= 15 is 0 Å². The number of nitrogens with zero attached hydrogens (tertiary/aromatic N) is 3. The van der Waals surface area contributed by atoms with Gasteiger partial charge in [0.1, 0.15) is 23.7 Å². The summed E-state index contributed by atoms with van der Waals surface area (Å²) < 4.78 is 20.6. The number of nitrogens with one attached hydrogen (secondary N) is 2. The van der Waals surface area contributed by atoms with Gasteiger partial charge in [-0.15, -0.1) is 0 Å². The predicted molar refractivity (Wildman–Crippen MR) is 119 cm³/mol. The van der Waals surface area contributed by atoms with Gasteiger partial charge < -0.3 is 26.0 Å². The fourth-order valence-electron chi connectivity index (χ4n) is 2.65. The van der Waals surface area contributed by atoms with Crippen molar-refractivity contribution in [2.24, 2.45) is 0 Å². The van der Waals surface area contributed by atoms with Crippen molar-refractivity contribution in [1.82, 2.24) is 20.2 Å². The van der Waals surface area contributed by atoms with Crippen LogP contribution < -0.4 is 21.1 Å². The molecule has 0 bridgehead atoms. The lowest BCUT2D eigenvalue weighted by Gasteiger charge is -2.14. The van der Waals surface area contributed by atoms with Crippen LogP contribution in [0.3, 0.4) is 0 Å². The number of halogens is 2. The Morgan fingerprint density at radius 2 is 2.07 bits per heavy atom. The van der Waals surface area contributed by atoms with Gasteiger partial charge in [-0.2, -0.15) is 0 Å². The van der Waals surface area contributed by atoms with Gasteiger partial charge in [0.15, 0.2) is 0 Å². The molecule has 158 valence electrons. The Labute approximate surface area is 181 Å². The topological polar surface area (TPSA) is 105 Å². The molecule has 0 aliphatic carbocycles. The highest BCUT2D eigenvalue weighted by Gasteiger charge is 2.11. The number of urea groups is 1. The molecule has 10 heteroatoms. The minimum Gasteiger partial charge on any atom is -0.491 e. The summed E-state index contributed by atoms with van der Waals surface area (Å²) >= 11 is 3.24. The first-order valence-electron chi connectivity index (χ1n) is 9.19. The summed E-state index contributed by atoms with van der Waals surface area (Å²) in [5, 5.41) is 6.39. The summed E-state index contributed by atoms with van der Waals surface area (Å²) in [5.74, 6) is 0.511. The number of nitrogens with two attached hydrogens (primary N) is 1. The number of fused-ring (bicyclic) bond motifs is 1. The number of aromatic nitrogens is 2. The highest BCUT2D eigenvalue weighted by Crippen LogP contribution is 2.32. The Balaban J connectivity index is 1.71. The SMILES string of the molecule is CN(C)C(=O)NCCCOc1cc2ncnc(Nc3ccc(Br)cc3F)c2cc1N. The van der Waals surface area contributed by atoms with E-state index in [2.05, 4.69) is 36.5 Å². The van der Waals surface area contributed by atoms with Gasteiger partial charge in [-0.1, -0.05) is 15.9 Å². The molecule has 0 radical (unpaired) electrons. The second-order valence-corrected chi connectivity index (χ2v) is 7.62. The summed E-state index contributed by atoms with van der Waals surface area (Å²) in [6.07, 6.45) is 2.01. The molecule has 0 atom stereocenters. The number of hydrogen-bond donors (Lipinski definition) is 3. The summed E-state index contributed by atoms with van der Waals surface area (Å²) in [6, 6.07) is 7.97. The maximum atomic E-state index is 14.2. The van der Waals surface area contributed by atoms with Gasteiger partial charge in [0.2, 0.25) is 0 Å². The maximum Gasteiger partial charge on any atom is 0.316 e. The molecule has 3 rings (SSSR count). The fourth-order valence-corrected chi connectivity index (χ4v) is 2.98. The van der Waals surface area contributed by atoms with Crippen molar-refractivity contribution in [2.45, 2.75) is 6.42 Å². The van der Waals surface area contributed by atoms with Crippen LogP contribution in [0, 0.1) is 5.82 Å². The molecule has 8 nitrogen and oxygen atoms in total. The Morgan fingerprint density at radius 1 is 1.27 bits per heavy atom. The van der Waals surface area contributed by atoms with Crippen LogP contribution in [0.2, 0.25) is 0 Å². The number of benzene rings is 2. The maximum absolute atomic E-state index is 14.2. The third kappa shape index (κ3) is 5.26. The second kappa shape index (κ2) is 9.57. The van der Waals surface area contributed by atoms with Gasteiger partial charge in [0, 0.05) is 36.6 Å². The van der Waals surface area contributed by atoms with Crippen molar-refractivity contribution in [3.05, 3.63) is 46.9 Å². The number of ether oxygens (including phenoxy) is 1. The molecule has 0 saturated carbocycles. The molecule has 4 N–H and O–H groups in total. The quantitative estimate of drug-likeness (QED) is 0.352. The summed E-state index contributed by atoms with van der Waals surface area (Å²) in [7, 11) is 3.36. The highest BCUT2D eigenvalue weighted by atomic mass is 79.9. The van der Waals surface area contributed by atoms with Crippen LogP contribution in [0.15, 0.2) is 41.1 Å². The van der Waals surface area contributed by atoms with E-state index in [-0.39, 0.29) is 11.7 Å². The zero-order chi connectivity index (χ0) is 21.7. The third-order valence-corrected chi connectivity index (χ3v) is 4.71. The number of amides is 2. The smallest absolute Gasteiger partial charge is 0.316 e. The zero-order valence-corrected chi connectivity index (χ0v) is 18.2. The van der Waals surface area contributed by atoms with E-state index in [1.54, 1.807) is 38.4 Å². The van der Waals surface area contributed by atoms with Crippen LogP contribution in [0.5, 0.6) is 5.75 Å². The largest absolute Gasteiger partial charge is 0.491 e. The molecule has 2 amide bonds. The van der Waals surface area contributed by atoms with Crippen molar-refractivity contribution in [3.8, 4) is 5.75 Å². The lowest BCUT2D eigenvalue weighted by atomic mass is 10.2. The lowest BCUT2D eigenvalue weighted by Crippen LogP contribution is -2.35. The molecule has 1 heterocycles. The van der Waals surface area contributed by atoms with Gasteiger partial charge in [-0.3, -0.25) is 0 Å². The van der Waals surface area contributed by atoms with E-state index in [9.17, 15) is 9.18 Å². The number of rotatable bonds is 7. The second-order valence-electron chi connectivity index (χ2n) is 6.71. The van der Waals surface area contributed by atoms with Crippen LogP contribution in [0.25, 0.3) is 10.9 Å². The molecular weight excluding hydrogens is 455 g/mol. The molecule has 3 aromatic rings. The van der Waals surface area contributed by atoms with Crippen molar-refractivity contribution >= 4 is 50.1 Å². The molecule has 0 aliphatic heterocycles. The highest BCUT2D eigenvalue weighted by molar-refractivity contribution is 9.10. The first-order valence-corrected chi connectivity index (χ1v) is 9.98.